The van der Waals surface area contributed by atoms with E-state index in [0.717, 1.165) is 44.9 Å². The molecule has 0 fully saturated rings. The first-order valence-electron chi connectivity index (χ1n) is 13.5. The van der Waals surface area contributed by atoms with E-state index < -0.39 is 0 Å². The average Bonchev–Trinajstić information content (AvgIpc) is 3.47. The first-order valence-corrected chi connectivity index (χ1v) is 14.4. The third-order valence-corrected chi connectivity index (χ3v) is 7.23. The van der Waals surface area contributed by atoms with Crippen molar-refractivity contribution in [1.29, 1.82) is 0 Å². The molecule has 0 aliphatic heterocycles. The van der Waals surface area contributed by atoms with Crippen molar-refractivity contribution in [2.75, 3.05) is 64.5 Å². The fraction of sp³-hybridized carbons (Fsp3) is 0.344. The molecular weight excluding hydrogens is 538 g/mol. The molecule has 0 bridgehead atoms. The van der Waals surface area contributed by atoms with E-state index in [1.165, 1.54) is 0 Å². The van der Waals surface area contributed by atoms with E-state index in [0.29, 0.717) is 46.1 Å². The lowest BCUT2D eigenvalue weighted by atomic mass is 10.1. The van der Waals surface area contributed by atoms with E-state index >= 15 is 0 Å². The lowest BCUT2D eigenvalue weighted by Crippen LogP contribution is -2.22. The highest BCUT2D eigenvalue weighted by molar-refractivity contribution is 7.13. The number of hydrogen-bond donors (Lipinski definition) is 0. The Bertz CT molecular complexity index is 1300. The molecule has 0 atom stereocenters. The van der Waals surface area contributed by atoms with Crippen LogP contribution in [0.4, 0.5) is 10.8 Å². The minimum Gasteiger partial charge on any atom is -0.497 e. The molecule has 218 valence electrons. The van der Waals surface area contributed by atoms with E-state index in [-0.39, 0.29) is 0 Å². The smallest absolute Gasteiger partial charge is 0.186 e. The average molecular weight is 578 g/mol. The molecule has 3 aromatic carbocycles. The molecule has 4 aromatic rings. The van der Waals surface area contributed by atoms with Crippen LogP contribution in [0, 0.1) is 0 Å². The van der Waals surface area contributed by atoms with Gasteiger partial charge in [-0.2, -0.15) is 0 Å². The molecule has 0 radical (unpaired) electrons. The van der Waals surface area contributed by atoms with E-state index in [9.17, 15) is 0 Å². The van der Waals surface area contributed by atoms with Crippen LogP contribution < -0.4 is 24.0 Å². The van der Waals surface area contributed by atoms with Gasteiger partial charge in [0.2, 0.25) is 0 Å². The maximum Gasteiger partial charge on any atom is 0.186 e. The van der Waals surface area contributed by atoms with Crippen molar-refractivity contribution in [2.45, 2.75) is 19.7 Å². The Kier molecular flexibility index (Phi) is 11.7. The van der Waals surface area contributed by atoms with E-state index in [1.54, 1.807) is 25.6 Å². The standard InChI is InChI=1S/C32H39N3O5S/c1-34(2)28-10-7-13-31(20-28)40-17-16-38-14-15-39-23-27-24-41-32(33-27)35(21-25-8-5-11-29(18-25)36-3)22-26-9-6-12-30(19-26)37-4/h5-13,18-20,24H,14-17,21-23H2,1-4H3. The van der Waals surface area contributed by atoms with Gasteiger partial charge in [-0.25, -0.2) is 4.98 Å². The molecule has 0 saturated heterocycles. The first kappa shape index (κ1) is 30.2. The Morgan fingerprint density at radius 1 is 0.707 bits per heavy atom. The van der Waals surface area contributed by atoms with Crippen molar-refractivity contribution in [3.8, 4) is 17.2 Å². The summed E-state index contributed by atoms with van der Waals surface area (Å²) < 4.78 is 28.2. The zero-order valence-corrected chi connectivity index (χ0v) is 25.1. The third-order valence-electron chi connectivity index (χ3n) is 6.28. The van der Waals surface area contributed by atoms with Crippen molar-refractivity contribution in [2.24, 2.45) is 0 Å². The summed E-state index contributed by atoms with van der Waals surface area (Å²) in [6, 6.07) is 24.2. The summed E-state index contributed by atoms with van der Waals surface area (Å²) in [7, 11) is 7.39. The van der Waals surface area contributed by atoms with E-state index in [2.05, 4.69) is 34.5 Å². The number of rotatable bonds is 17. The van der Waals surface area contributed by atoms with Crippen LogP contribution in [0.25, 0.3) is 0 Å². The minimum atomic E-state index is 0.430. The van der Waals surface area contributed by atoms with Crippen LogP contribution in [0.15, 0.2) is 78.2 Å². The summed E-state index contributed by atoms with van der Waals surface area (Å²) in [5, 5.41) is 2.98. The molecule has 0 saturated carbocycles. The SMILES string of the molecule is COc1cccc(CN(Cc2cccc(OC)c2)c2nc(COCCOCCOc3cccc(N(C)C)c3)cs2)c1. The Hall–Kier alpha value is -3.79. The fourth-order valence-electron chi connectivity index (χ4n) is 4.15. The zero-order valence-electron chi connectivity index (χ0n) is 24.2. The lowest BCUT2D eigenvalue weighted by Gasteiger charge is -2.22. The van der Waals surface area contributed by atoms with Crippen molar-refractivity contribution in [3.63, 3.8) is 0 Å². The second-order valence-electron chi connectivity index (χ2n) is 9.59. The molecule has 41 heavy (non-hydrogen) atoms. The number of nitrogens with zero attached hydrogens (tertiary/aromatic N) is 3. The summed E-state index contributed by atoms with van der Waals surface area (Å²) >= 11 is 1.61. The van der Waals surface area contributed by atoms with Crippen molar-refractivity contribution >= 4 is 22.2 Å². The highest BCUT2D eigenvalue weighted by Gasteiger charge is 2.14. The largest absolute Gasteiger partial charge is 0.497 e. The quantitative estimate of drug-likeness (QED) is 0.141. The summed E-state index contributed by atoms with van der Waals surface area (Å²) in [6.45, 7) is 3.79. The molecule has 1 aromatic heterocycles. The normalized spacial score (nSPS) is 10.8. The van der Waals surface area contributed by atoms with Crippen LogP contribution in [-0.4, -0.2) is 59.7 Å². The van der Waals surface area contributed by atoms with Gasteiger partial charge in [0.25, 0.3) is 0 Å². The maximum atomic E-state index is 5.84. The van der Waals surface area contributed by atoms with Gasteiger partial charge in [0.15, 0.2) is 5.13 Å². The number of methoxy groups -OCH3 is 2. The van der Waals surface area contributed by atoms with Gasteiger partial charge < -0.3 is 33.5 Å². The van der Waals surface area contributed by atoms with Gasteiger partial charge in [0.1, 0.15) is 23.9 Å². The van der Waals surface area contributed by atoms with Gasteiger partial charge in [-0.05, 0) is 47.5 Å². The van der Waals surface area contributed by atoms with Crippen LogP contribution in [0.1, 0.15) is 16.8 Å². The topological polar surface area (TPSA) is 65.5 Å². The monoisotopic (exact) mass is 577 g/mol. The van der Waals surface area contributed by atoms with Crippen molar-refractivity contribution in [1.82, 2.24) is 4.98 Å². The van der Waals surface area contributed by atoms with Crippen LogP contribution in [0.5, 0.6) is 17.2 Å². The molecular formula is C32H39N3O5S. The Morgan fingerprint density at radius 3 is 1.98 bits per heavy atom. The fourth-order valence-corrected chi connectivity index (χ4v) is 4.96. The number of hydrogen-bond acceptors (Lipinski definition) is 9. The van der Waals surface area contributed by atoms with Gasteiger partial charge in [0, 0.05) is 44.3 Å². The summed E-state index contributed by atoms with van der Waals surface area (Å²) in [5.41, 5.74) is 4.29. The summed E-state index contributed by atoms with van der Waals surface area (Å²) in [6.07, 6.45) is 0. The molecule has 0 aliphatic rings. The van der Waals surface area contributed by atoms with E-state index in [1.807, 2.05) is 67.5 Å². The molecule has 4 rings (SSSR count). The Labute approximate surface area is 247 Å². The number of thiazole rings is 1. The van der Waals surface area contributed by atoms with Gasteiger partial charge in [0.05, 0.1) is 46.3 Å². The number of ether oxygens (including phenoxy) is 5. The van der Waals surface area contributed by atoms with Crippen LogP contribution >= 0.6 is 11.3 Å². The maximum absolute atomic E-state index is 5.84. The predicted molar refractivity (Wildman–Crippen MR) is 165 cm³/mol. The number of anilines is 2. The van der Waals surface area contributed by atoms with Gasteiger partial charge >= 0.3 is 0 Å². The Morgan fingerprint density at radius 2 is 1.32 bits per heavy atom. The van der Waals surface area contributed by atoms with Gasteiger partial charge in [-0.3, -0.25) is 0 Å². The predicted octanol–water partition coefficient (Wildman–Crippen LogP) is 6.05. The molecule has 0 unspecified atom stereocenters. The lowest BCUT2D eigenvalue weighted by molar-refractivity contribution is 0.0296. The summed E-state index contributed by atoms with van der Waals surface area (Å²) in [4.78, 5) is 9.19. The molecule has 0 N–H and O–H groups in total. The van der Waals surface area contributed by atoms with Gasteiger partial charge in [-0.15, -0.1) is 11.3 Å². The molecule has 0 aliphatic carbocycles. The van der Waals surface area contributed by atoms with Crippen LogP contribution in [0.3, 0.4) is 0 Å². The first-order chi connectivity index (χ1) is 20.0. The molecule has 8 nitrogen and oxygen atoms in total. The second kappa shape index (κ2) is 15.9. The molecule has 0 amide bonds. The van der Waals surface area contributed by atoms with E-state index in [4.69, 9.17) is 28.7 Å². The van der Waals surface area contributed by atoms with Crippen molar-refractivity contribution in [3.05, 3.63) is 95.0 Å². The molecule has 0 spiro atoms. The van der Waals surface area contributed by atoms with Crippen molar-refractivity contribution < 1.29 is 23.7 Å². The highest BCUT2D eigenvalue weighted by Crippen LogP contribution is 2.27. The summed E-state index contributed by atoms with van der Waals surface area (Å²) in [5.74, 6) is 2.51. The zero-order chi connectivity index (χ0) is 28.9. The number of benzene rings is 3. The second-order valence-corrected chi connectivity index (χ2v) is 10.4. The Balaban J connectivity index is 1.25. The number of aromatic nitrogens is 1. The van der Waals surface area contributed by atoms with Crippen LogP contribution in [0.2, 0.25) is 0 Å². The molecule has 1 heterocycles. The highest BCUT2D eigenvalue weighted by atomic mass is 32.1. The van der Waals surface area contributed by atoms with Crippen LogP contribution in [-0.2, 0) is 29.2 Å². The third kappa shape index (κ3) is 9.67. The minimum absolute atomic E-state index is 0.430. The van der Waals surface area contributed by atoms with Gasteiger partial charge in [-0.1, -0.05) is 30.3 Å². The molecule has 9 heteroatoms.